The third kappa shape index (κ3) is 3.12. The zero-order chi connectivity index (χ0) is 19.2. The summed E-state index contributed by atoms with van der Waals surface area (Å²) >= 11 is 0. The molecular weight excluding hydrogens is 551 g/mol. The maximum absolute atomic E-state index is 6.13. The summed E-state index contributed by atoms with van der Waals surface area (Å²) in [5.41, 5.74) is 1.85. The Labute approximate surface area is 187 Å². The second kappa shape index (κ2) is 7.51. The van der Waals surface area contributed by atoms with Crippen LogP contribution >= 0.6 is 0 Å². The number of nitrogens with zero attached hydrogens (tertiary/aromatic N) is 2. The van der Waals surface area contributed by atoms with Gasteiger partial charge in [-0.3, -0.25) is 0 Å². The summed E-state index contributed by atoms with van der Waals surface area (Å²) in [6.07, 6.45) is 3.61. The number of pyridine rings is 2. The van der Waals surface area contributed by atoms with Gasteiger partial charge in [-0.15, -0.1) is 45.8 Å². The van der Waals surface area contributed by atoms with E-state index in [2.05, 4.69) is 58.5 Å². The SMILES string of the molecule is [Pt+2].[c-]1c(Oc2[c-]c3c(cc2)ccc2cccnc23)ccc2ccc3cccnc3c12. The molecule has 0 saturated heterocycles. The fourth-order valence-electron chi connectivity index (χ4n) is 3.76. The zero-order valence-corrected chi connectivity index (χ0v) is 18.0. The predicted molar refractivity (Wildman–Crippen MR) is 116 cm³/mol. The molecular formula is C26H14N2OPt. The fourth-order valence-corrected chi connectivity index (χ4v) is 3.76. The van der Waals surface area contributed by atoms with Gasteiger partial charge in [0.05, 0.1) is 0 Å². The van der Waals surface area contributed by atoms with E-state index in [9.17, 15) is 0 Å². The summed E-state index contributed by atoms with van der Waals surface area (Å²) < 4.78 is 6.13. The van der Waals surface area contributed by atoms with Gasteiger partial charge < -0.3 is 14.7 Å². The van der Waals surface area contributed by atoms with Gasteiger partial charge in [-0.1, -0.05) is 48.5 Å². The van der Waals surface area contributed by atoms with E-state index in [4.69, 9.17) is 4.74 Å². The standard InChI is InChI=1S/C26H14N2O.Pt/c1-3-19-7-5-17-9-11-21(15-23(17)25(19)27-13-1)29-22-12-10-18-6-8-20-4-2-14-28-26(20)24(18)16-22;/h1-14H;/q-2;+2. The summed E-state index contributed by atoms with van der Waals surface area (Å²) in [6.45, 7) is 0. The molecule has 2 heterocycles. The number of ether oxygens (including phenoxy) is 1. The van der Waals surface area contributed by atoms with Crippen LogP contribution in [-0.4, -0.2) is 9.97 Å². The first-order chi connectivity index (χ1) is 14.3. The predicted octanol–water partition coefficient (Wildman–Crippen LogP) is 6.48. The molecule has 0 saturated carbocycles. The molecule has 2 aromatic heterocycles. The molecule has 0 fully saturated rings. The van der Waals surface area contributed by atoms with Gasteiger partial charge in [0, 0.05) is 23.9 Å². The van der Waals surface area contributed by atoms with Crippen molar-refractivity contribution in [2.45, 2.75) is 0 Å². The largest absolute Gasteiger partial charge is 2.00 e. The maximum atomic E-state index is 6.13. The molecule has 0 radical (unpaired) electrons. The minimum Gasteiger partial charge on any atom is -0.497 e. The van der Waals surface area contributed by atoms with Crippen LogP contribution in [0, 0.1) is 12.1 Å². The average molecular weight is 565 g/mol. The molecule has 30 heavy (non-hydrogen) atoms. The van der Waals surface area contributed by atoms with E-state index in [0.29, 0.717) is 11.5 Å². The van der Waals surface area contributed by atoms with Crippen molar-refractivity contribution in [2.75, 3.05) is 0 Å². The third-order valence-corrected chi connectivity index (χ3v) is 5.16. The molecule has 0 spiro atoms. The van der Waals surface area contributed by atoms with Crippen molar-refractivity contribution in [3.8, 4) is 11.5 Å². The first-order valence-electron chi connectivity index (χ1n) is 9.43. The monoisotopic (exact) mass is 565 g/mol. The Bertz CT molecular complexity index is 1430. The summed E-state index contributed by atoms with van der Waals surface area (Å²) in [5, 5.41) is 6.25. The van der Waals surface area contributed by atoms with Crippen LogP contribution < -0.4 is 4.74 Å². The van der Waals surface area contributed by atoms with Crippen LogP contribution in [0.5, 0.6) is 11.5 Å². The number of fused-ring (bicyclic) bond motifs is 6. The Balaban J connectivity index is 0.00000193. The molecule has 0 unspecified atom stereocenters. The molecule has 0 aliphatic rings. The third-order valence-electron chi connectivity index (χ3n) is 5.16. The zero-order valence-electron chi connectivity index (χ0n) is 15.7. The Kier molecular flexibility index (Phi) is 4.69. The van der Waals surface area contributed by atoms with Gasteiger partial charge in [0.25, 0.3) is 0 Å². The molecule has 6 aromatic rings. The van der Waals surface area contributed by atoms with Gasteiger partial charge in [-0.05, 0) is 33.9 Å². The molecule has 144 valence electrons. The van der Waals surface area contributed by atoms with Gasteiger partial charge in [0.15, 0.2) is 0 Å². The van der Waals surface area contributed by atoms with Crippen LogP contribution in [0.2, 0.25) is 0 Å². The topological polar surface area (TPSA) is 35.0 Å². The molecule has 0 atom stereocenters. The molecule has 0 N–H and O–H groups in total. The Morgan fingerprint density at radius 1 is 0.533 bits per heavy atom. The van der Waals surface area contributed by atoms with Gasteiger partial charge in [-0.25, -0.2) is 0 Å². The van der Waals surface area contributed by atoms with Crippen LogP contribution in [0.3, 0.4) is 0 Å². The van der Waals surface area contributed by atoms with Crippen LogP contribution in [0.15, 0.2) is 85.2 Å². The number of hydrogen-bond donors (Lipinski definition) is 0. The first kappa shape index (κ1) is 18.7. The quantitative estimate of drug-likeness (QED) is 0.178. The van der Waals surface area contributed by atoms with Crippen molar-refractivity contribution in [1.82, 2.24) is 9.97 Å². The van der Waals surface area contributed by atoms with Crippen molar-refractivity contribution in [3.63, 3.8) is 0 Å². The van der Waals surface area contributed by atoms with E-state index in [-0.39, 0.29) is 21.1 Å². The Morgan fingerprint density at radius 3 is 1.47 bits per heavy atom. The molecule has 0 amide bonds. The van der Waals surface area contributed by atoms with Crippen LogP contribution in [0.1, 0.15) is 0 Å². The number of benzene rings is 4. The smallest absolute Gasteiger partial charge is 0.497 e. The van der Waals surface area contributed by atoms with Crippen molar-refractivity contribution in [3.05, 3.63) is 97.3 Å². The van der Waals surface area contributed by atoms with Crippen LogP contribution in [-0.2, 0) is 21.1 Å². The molecule has 0 bridgehead atoms. The number of aromatic nitrogens is 2. The fraction of sp³-hybridized carbons (Fsp3) is 0. The molecule has 6 rings (SSSR count). The molecule has 3 nitrogen and oxygen atoms in total. The first-order valence-corrected chi connectivity index (χ1v) is 9.43. The summed E-state index contributed by atoms with van der Waals surface area (Å²) in [6, 6.07) is 31.0. The van der Waals surface area contributed by atoms with Crippen molar-refractivity contribution in [1.29, 1.82) is 0 Å². The molecule has 0 aliphatic heterocycles. The van der Waals surface area contributed by atoms with E-state index >= 15 is 0 Å². The normalized spacial score (nSPS) is 11.1. The van der Waals surface area contributed by atoms with E-state index in [1.807, 2.05) is 36.4 Å². The molecule has 4 heteroatoms. The molecule has 0 aliphatic carbocycles. The van der Waals surface area contributed by atoms with Crippen molar-refractivity contribution < 1.29 is 25.8 Å². The number of rotatable bonds is 2. The van der Waals surface area contributed by atoms with Crippen molar-refractivity contribution in [2.24, 2.45) is 0 Å². The summed E-state index contributed by atoms with van der Waals surface area (Å²) in [4.78, 5) is 9.06. The minimum atomic E-state index is 0. The Morgan fingerprint density at radius 2 is 0.967 bits per heavy atom. The van der Waals surface area contributed by atoms with Gasteiger partial charge in [-0.2, -0.15) is 0 Å². The second-order valence-corrected chi connectivity index (χ2v) is 6.96. The van der Waals surface area contributed by atoms with E-state index in [0.717, 1.165) is 43.4 Å². The average Bonchev–Trinajstić information content (AvgIpc) is 2.79. The summed E-state index contributed by atoms with van der Waals surface area (Å²) in [7, 11) is 0. The second-order valence-electron chi connectivity index (χ2n) is 6.96. The van der Waals surface area contributed by atoms with Crippen LogP contribution in [0.4, 0.5) is 0 Å². The minimum absolute atomic E-state index is 0. The van der Waals surface area contributed by atoms with Crippen molar-refractivity contribution >= 4 is 43.4 Å². The van der Waals surface area contributed by atoms with E-state index in [1.54, 1.807) is 12.4 Å². The maximum Gasteiger partial charge on any atom is 2.00 e. The van der Waals surface area contributed by atoms with E-state index in [1.165, 1.54) is 0 Å². The van der Waals surface area contributed by atoms with Gasteiger partial charge in [0.2, 0.25) is 0 Å². The Hall–Kier alpha value is -3.29. The number of hydrogen-bond acceptors (Lipinski definition) is 3. The van der Waals surface area contributed by atoms with Crippen LogP contribution in [0.25, 0.3) is 43.4 Å². The van der Waals surface area contributed by atoms with E-state index < -0.39 is 0 Å². The van der Waals surface area contributed by atoms with Gasteiger partial charge >= 0.3 is 21.1 Å². The van der Waals surface area contributed by atoms with Gasteiger partial charge in [0.1, 0.15) is 0 Å². The summed E-state index contributed by atoms with van der Waals surface area (Å²) in [5.74, 6) is 1.28. The molecule has 4 aromatic carbocycles.